The molecule has 0 fully saturated rings. The lowest BCUT2D eigenvalue weighted by Crippen LogP contribution is -1.99. The first-order chi connectivity index (χ1) is 3.83. The molecule has 0 saturated heterocycles. The number of rotatable bonds is 0. The molecule has 0 atom stereocenters. The topological polar surface area (TPSA) is 88.3 Å². The van der Waals surface area contributed by atoms with Crippen molar-refractivity contribution in [2.45, 2.75) is 0 Å². The summed E-state index contributed by atoms with van der Waals surface area (Å²) < 4.78 is 7.06. The molecule has 44 valence electrons. The Morgan fingerprint density at radius 1 is 1.50 bits per heavy atom. The van der Waals surface area contributed by atoms with Gasteiger partial charge in [0.2, 0.25) is 4.77 Å². The Morgan fingerprint density at radius 3 is 2.50 bits per heavy atom. The summed E-state index contributed by atoms with van der Waals surface area (Å²) in [6, 6.07) is 0. The fourth-order valence-electron chi connectivity index (χ4n) is 0.330. The Labute approximate surface area is 47.3 Å². The number of nitrogens with one attached hydrogen (secondary N) is 4. The summed E-state index contributed by atoms with van der Waals surface area (Å²) >= 11 is 0.697. The van der Waals surface area contributed by atoms with Crippen LogP contribution in [-0.4, -0.2) is 15.2 Å². The maximum absolute atomic E-state index is 10.2. The Morgan fingerprint density at radius 2 is 2.25 bits per heavy atom. The number of aromatic amines is 3. The molecule has 0 bridgehead atoms. The van der Waals surface area contributed by atoms with Gasteiger partial charge in [0.25, 0.3) is 0 Å². The summed E-state index contributed by atoms with van der Waals surface area (Å²) in [7, 11) is 0. The first-order valence-electron chi connectivity index (χ1n) is 1.86. The smallest absolute Gasteiger partial charge is 0.282 e. The minimum Gasteiger partial charge on any atom is -0.282 e. The van der Waals surface area contributed by atoms with E-state index in [9.17, 15) is 4.79 Å². The summed E-state index contributed by atoms with van der Waals surface area (Å²) in [6.45, 7) is 0. The van der Waals surface area contributed by atoms with E-state index in [1.165, 1.54) is 0 Å². The first kappa shape index (κ1) is 5.10. The lowest BCUT2D eigenvalue weighted by molar-refractivity contribution is 1.04. The van der Waals surface area contributed by atoms with E-state index in [2.05, 4.69) is 15.2 Å². The van der Waals surface area contributed by atoms with Crippen molar-refractivity contribution in [3.8, 4) is 0 Å². The van der Waals surface area contributed by atoms with Crippen molar-refractivity contribution >= 4 is 11.1 Å². The van der Waals surface area contributed by atoms with Gasteiger partial charge in [-0.25, -0.2) is 14.7 Å². The van der Waals surface area contributed by atoms with Crippen LogP contribution in [0.4, 0.5) is 0 Å². The Balaban J connectivity index is 3.65. The zero-order valence-electron chi connectivity index (χ0n) is 3.82. The van der Waals surface area contributed by atoms with Gasteiger partial charge in [0, 0.05) is 0 Å². The quantitative estimate of drug-likeness (QED) is 0.349. The van der Waals surface area contributed by atoms with Gasteiger partial charge in [0.15, 0.2) is 0 Å². The minimum absolute atomic E-state index is 0.320. The third-order valence-corrected chi connectivity index (χ3v) is 1.03. The second-order valence-electron chi connectivity index (χ2n) is 1.14. The lowest BCUT2D eigenvalue weighted by Gasteiger charge is -1.57. The Hall–Kier alpha value is -1.04. The monoisotopic (exact) mass is 132 g/mol. The van der Waals surface area contributed by atoms with Gasteiger partial charge in [-0.1, -0.05) is 0 Å². The molecule has 0 aromatic carbocycles. The first-order valence-corrected chi connectivity index (χ1v) is 2.68. The van der Waals surface area contributed by atoms with Crippen LogP contribution in [0.5, 0.6) is 0 Å². The molecular weight excluding hydrogens is 128 g/mol. The standard InChI is InChI=1S/C2H4N4OS/c3-8-2-4-1(7)5-6-2/h3,6H,(H2,4,5,7). The van der Waals surface area contributed by atoms with Crippen molar-refractivity contribution in [1.82, 2.24) is 15.2 Å². The van der Waals surface area contributed by atoms with Gasteiger partial charge < -0.3 is 0 Å². The molecule has 0 spiro atoms. The van der Waals surface area contributed by atoms with Gasteiger partial charge in [-0.2, -0.15) is 0 Å². The molecule has 0 aliphatic rings. The molecule has 6 heteroatoms. The number of aromatic nitrogens is 3. The van der Waals surface area contributed by atoms with E-state index in [-0.39, 0.29) is 5.69 Å². The van der Waals surface area contributed by atoms with E-state index in [1.54, 1.807) is 0 Å². The summed E-state index contributed by atoms with van der Waals surface area (Å²) in [5, 5.41) is 4.68. The molecule has 0 saturated carbocycles. The van der Waals surface area contributed by atoms with Gasteiger partial charge in [-0.15, -0.1) is 0 Å². The maximum Gasteiger partial charge on any atom is 0.339 e. The zero-order valence-corrected chi connectivity index (χ0v) is 4.63. The van der Waals surface area contributed by atoms with E-state index >= 15 is 0 Å². The predicted octanol–water partition coefficient (Wildman–Crippen LogP) is -0.592. The fourth-order valence-corrected chi connectivity index (χ4v) is 0.576. The summed E-state index contributed by atoms with van der Waals surface area (Å²) in [4.78, 5) is 12.5. The van der Waals surface area contributed by atoms with Gasteiger partial charge in [-0.05, 0) is 11.1 Å². The Bertz CT molecular complexity index is 298. The number of hydrogen-bond donors (Lipinski definition) is 4. The molecule has 0 aliphatic carbocycles. The summed E-state index contributed by atoms with van der Waals surface area (Å²) in [6.07, 6.45) is 0. The fraction of sp³-hybridized carbons (Fsp3) is 0. The van der Waals surface area contributed by atoms with Crippen molar-refractivity contribution < 1.29 is 0 Å². The van der Waals surface area contributed by atoms with Crippen molar-refractivity contribution in [3.05, 3.63) is 15.3 Å². The van der Waals surface area contributed by atoms with Crippen LogP contribution in [0.3, 0.4) is 0 Å². The number of hydrogen-bond acceptors (Lipinski definition) is 2. The van der Waals surface area contributed by atoms with E-state index in [0.717, 1.165) is 0 Å². The van der Waals surface area contributed by atoms with E-state index < -0.39 is 0 Å². The molecule has 1 heterocycles. The largest absolute Gasteiger partial charge is 0.339 e. The van der Waals surface area contributed by atoms with Crippen LogP contribution < -0.4 is 5.69 Å². The van der Waals surface area contributed by atoms with Gasteiger partial charge in [0.05, 0.1) is 0 Å². The maximum atomic E-state index is 10.2. The molecule has 5 nitrogen and oxygen atoms in total. The lowest BCUT2D eigenvalue weighted by atomic mass is 11.3. The normalized spacial score (nSPS) is 9.00. The average molecular weight is 132 g/mol. The molecule has 0 amide bonds. The molecular formula is C2H4N4OS. The second-order valence-corrected chi connectivity index (χ2v) is 1.75. The summed E-state index contributed by atoms with van der Waals surface area (Å²) in [5.41, 5.74) is -0.320. The van der Waals surface area contributed by atoms with Crippen LogP contribution in [0.1, 0.15) is 0 Å². The van der Waals surface area contributed by atoms with Crippen molar-refractivity contribution in [2.75, 3.05) is 0 Å². The molecule has 1 rings (SSSR count). The van der Waals surface area contributed by atoms with Gasteiger partial charge in [0.1, 0.15) is 0 Å². The highest BCUT2D eigenvalue weighted by Crippen LogP contribution is 1.55. The van der Waals surface area contributed by atoms with E-state index in [4.69, 9.17) is 4.78 Å². The number of H-pyrrole nitrogens is 3. The molecule has 0 aliphatic heterocycles. The SMILES string of the molecule is N=S=c1[nH][nH]c(=O)[nH]1. The van der Waals surface area contributed by atoms with Crippen LogP contribution in [0.25, 0.3) is 0 Å². The van der Waals surface area contributed by atoms with Gasteiger partial charge >= 0.3 is 5.69 Å². The highest BCUT2D eigenvalue weighted by Gasteiger charge is 1.77. The van der Waals surface area contributed by atoms with Crippen molar-refractivity contribution in [3.63, 3.8) is 0 Å². The minimum atomic E-state index is -0.320. The van der Waals surface area contributed by atoms with Crippen LogP contribution in [0, 0.1) is 9.55 Å². The van der Waals surface area contributed by atoms with Crippen LogP contribution >= 0.6 is 0 Å². The molecule has 1 aromatic heterocycles. The van der Waals surface area contributed by atoms with Crippen LogP contribution in [-0.2, 0) is 11.1 Å². The zero-order chi connectivity index (χ0) is 5.98. The van der Waals surface area contributed by atoms with Gasteiger partial charge in [-0.3, -0.25) is 10.1 Å². The Kier molecular flexibility index (Phi) is 1.17. The highest BCUT2D eigenvalue weighted by molar-refractivity contribution is 7.57. The van der Waals surface area contributed by atoms with E-state index in [1.807, 2.05) is 0 Å². The second kappa shape index (κ2) is 1.83. The van der Waals surface area contributed by atoms with Crippen LogP contribution in [0.2, 0.25) is 0 Å². The predicted molar refractivity (Wildman–Crippen MR) is 29.1 cm³/mol. The third kappa shape index (κ3) is 0.784. The molecule has 0 radical (unpaired) electrons. The van der Waals surface area contributed by atoms with E-state index in [0.29, 0.717) is 15.9 Å². The third-order valence-electron chi connectivity index (χ3n) is 0.619. The summed E-state index contributed by atoms with van der Waals surface area (Å²) in [5.74, 6) is 0. The molecule has 0 unspecified atom stereocenters. The molecule has 1 aromatic rings. The van der Waals surface area contributed by atoms with Crippen LogP contribution in [0.15, 0.2) is 4.79 Å². The average Bonchev–Trinajstić information content (AvgIpc) is 2.14. The van der Waals surface area contributed by atoms with Crippen molar-refractivity contribution in [2.24, 2.45) is 0 Å². The molecule has 8 heavy (non-hydrogen) atoms. The molecule has 4 N–H and O–H groups in total. The highest BCUT2D eigenvalue weighted by atomic mass is 32.1. The van der Waals surface area contributed by atoms with Crippen molar-refractivity contribution in [1.29, 1.82) is 4.78 Å².